The first-order chi connectivity index (χ1) is 8.76. The number of benzene rings is 1. The summed E-state index contributed by atoms with van der Waals surface area (Å²) in [5.74, 6) is 3.16. The maximum atomic E-state index is 9.67. The van der Waals surface area contributed by atoms with Gasteiger partial charge in [-0.15, -0.1) is 0 Å². The zero-order valence-corrected chi connectivity index (χ0v) is 12.3. The Hall–Kier alpha value is -0.340. The van der Waals surface area contributed by atoms with Gasteiger partial charge in [-0.2, -0.15) is 0 Å². The number of rotatable bonds is 4. The number of hydrogen-bond acceptors (Lipinski definition) is 1. The molecule has 4 unspecified atom stereocenters. The molecule has 2 heteroatoms. The second-order valence-corrected chi connectivity index (χ2v) is 7.02. The summed E-state index contributed by atoms with van der Waals surface area (Å²) in [7, 11) is 0. The van der Waals surface area contributed by atoms with Crippen molar-refractivity contribution in [1.82, 2.24) is 0 Å². The molecule has 1 nitrogen and oxygen atoms in total. The van der Waals surface area contributed by atoms with Gasteiger partial charge in [0.25, 0.3) is 0 Å². The van der Waals surface area contributed by atoms with E-state index >= 15 is 0 Å². The summed E-state index contributed by atoms with van der Waals surface area (Å²) in [6.45, 7) is 0.287. The Kier molecular flexibility index (Phi) is 3.76. The molecule has 2 saturated carbocycles. The monoisotopic (exact) mass is 308 g/mol. The lowest BCUT2D eigenvalue weighted by Gasteiger charge is -2.26. The van der Waals surface area contributed by atoms with Crippen molar-refractivity contribution in [3.05, 3.63) is 34.3 Å². The van der Waals surface area contributed by atoms with E-state index in [1.54, 1.807) is 0 Å². The summed E-state index contributed by atoms with van der Waals surface area (Å²) in [4.78, 5) is 0. The van der Waals surface area contributed by atoms with Gasteiger partial charge in [0.2, 0.25) is 0 Å². The molecule has 0 heterocycles. The van der Waals surface area contributed by atoms with Crippen molar-refractivity contribution in [3.8, 4) is 0 Å². The first kappa shape index (κ1) is 12.7. The Balaban J connectivity index is 1.67. The largest absolute Gasteiger partial charge is 0.396 e. The quantitative estimate of drug-likeness (QED) is 0.876. The number of aliphatic hydroxyl groups excluding tert-OH is 1. The standard InChI is InChI=1S/C16H21BrO/c17-16-5-3-12(4-6-16)15(10-18)9-14-8-11-1-2-13(14)7-11/h3-6,11,13-15,18H,1-2,7-10H2. The van der Waals surface area contributed by atoms with E-state index in [-0.39, 0.29) is 6.61 Å². The molecule has 0 aromatic heterocycles. The molecule has 1 aromatic rings. The Bertz CT molecular complexity index is 400. The Morgan fingerprint density at radius 3 is 2.50 bits per heavy atom. The predicted octanol–water partition coefficient (Wildman–Crippen LogP) is 4.35. The van der Waals surface area contributed by atoms with Crippen molar-refractivity contribution >= 4 is 15.9 Å². The molecule has 1 aromatic carbocycles. The van der Waals surface area contributed by atoms with Crippen LogP contribution in [0.4, 0.5) is 0 Å². The highest BCUT2D eigenvalue weighted by Crippen LogP contribution is 2.51. The van der Waals surface area contributed by atoms with Crippen molar-refractivity contribution in [3.63, 3.8) is 0 Å². The van der Waals surface area contributed by atoms with Crippen molar-refractivity contribution in [1.29, 1.82) is 0 Å². The highest BCUT2D eigenvalue weighted by molar-refractivity contribution is 9.10. The maximum Gasteiger partial charge on any atom is 0.0499 e. The number of halogens is 1. The number of fused-ring (bicyclic) bond motifs is 2. The Morgan fingerprint density at radius 2 is 1.94 bits per heavy atom. The van der Waals surface area contributed by atoms with Gasteiger partial charge in [-0.3, -0.25) is 0 Å². The summed E-state index contributed by atoms with van der Waals surface area (Å²) < 4.78 is 1.11. The third-order valence-corrected chi connectivity index (χ3v) is 5.56. The lowest BCUT2D eigenvalue weighted by atomic mass is 9.80. The minimum Gasteiger partial charge on any atom is -0.396 e. The van der Waals surface area contributed by atoms with E-state index in [1.165, 1.54) is 37.7 Å². The van der Waals surface area contributed by atoms with Gasteiger partial charge in [-0.25, -0.2) is 0 Å². The summed E-state index contributed by atoms with van der Waals surface area (Å²) in [6, 6.07) is 8.47. The molecule has 0 saturated heterocycles. The first-order valence-electron chi connectivity index (χ1n) is 7.12. The fourth-order valence-electron chi connectivity index (χ4n) is 4.08. The van der Waals surface area contributed by atoms with E-state index in [4.69, 9.17) is 0 Å². The molecule has 98 valence electrons. The molecule has 2 fully saturated rings. The zero-order valence-electron chi connectivity index (χ0n) is 10.7. The molecule has 0 aliphatic heterocycles. The normalized spacial score (nSPS) is 31.8. The predicted molar refractivity (Wildman–Crippen MR) is 77.5 cm³/mol. The molecule has 1 N–H and O–H groups in total. The third kappa shape index (κ3) is 2.50. The van der Waals surface area contributed by atoms with Gasteiger partial charge in [0.15, 0.2) is 0 Å². The molecule has 2 aliphatic rings. The van der Waals surface area contributed by atoms with Gasteiger partial charge in [0.1, 0.15) is 0 Å². The van der Waals surface area contributed by atoms with Crippen LogP contribution in [0.25, 0.3) is 0 Å². The molecule has 0 radical (unpaired) electrons. The topological polar surface area (TPSA) is 20.2 Å². The lowest BCUT2D eigenvalue weighted by Crippen LogP contribution is -2.16. The van der Waals surface area contributed by atoms with E-state index in [0.717, 1.165) is 22.2 Å². The molecule has 2 aliphatic carbocycles. The molecular weight excluding hydrogens is 288 g/mol. The molecule has 18 heavy (non-hydrogen) atoms. The van der Waals surface area contributed by atoms with E-state index in [9.17, 15) is 5.11 Å². The average molecular weight is 309 g/mol. The molecular formula is C16H21BrO. The fraction of sp³-hybridized carbons (Fsp3) is 0.625. The first-order valence-corrected chi connectivity index (χ1v) is 7.92. The molecule has 0 amide bonds. The summed E-state index contributed by atoms with van der Waals surface area (Å²) in [5, 5.41) is 9.67. The van der Waals surface area contributed by atoms with E-state index in [2.05, 4.69) is 40.2 Å². The van der Waals surface area contributed by atoms with Gasteiger partial charge >= 0.3 is 0 Å². The Morgan fingerprint density at radius 1 is 1.17 bits per heavy atom. The maximum absolute atomic E-state index is 9.67. The van der Waals surface area contributed by atoms with Crippen LogP contribution in [0.15, 0.2) is 28.7 Å². The van der Waals surface area contributed by atoms with Crippen LogP contribution in [0.1, 0.15) is 43.6 Å². The summed E-state index contributed by atoms with van der Waals surface area (Å²) >= 11 is 3.47. The highest BCUT2D eigenvalue weighted by Gasteiger charge is 2.40. The van der Waals surface area contributed by atoms with E-state index < -0.39 is 0 Å². The minimum atomic E-state index is 0.287. The van der Waals surface area contributed by atoms with Gasteiger partial charge in [0.05, 0.1) is 0 Å². The van der Waals surface area contributed by atoms with Crippen molar-refractivity contribution in [2.45, 2.75) is 38.0 Å². The second-order valence-electron chi connectivity index (χ2n) is 6.10. The summed E-state index contributed by atoms with van der Waals surface area (Å²) in [6.07, 6.45) is 6.96. The van der Waals surface area contributed by atoms with Crippen molar-refractivity contribution < 1.29 is 5.11 Å². The van der Waals surface area contributed by atoms with Crippen LogP contribution in [0.3, 0.4) is 0 Å². The zero-order chi connectivity index (χ0) is 12.5. The van der Waals surface area contributed by atoms with E-state index in [1.807, 2.05) is 0 Å². The van der Waals surface area contributed by atoms with Crippen LogP contribution in [-0.4, -0.2) is 11.7 Å². The SMILES string of the molecule is OCC(CC1CC2CCC1C2)c1ccc(Br)cc1. The van der Waals surface area contributed by atoms with Crippen LogP contribution < -0.4 is 0 Å². The van der Waals surface area contributed by atoms with E-state index in [0.29, 0.717) is 5.92 Å². The van der Waals surface area contributed by atoms with Crippen molar-refractivity contribution in [2.75, 3.05) is 6.61 Å². The van der Waals surface area contributed by atoms with Crippen molar-refractivity contribution in [2.24, 2.45) is 17.8 Å². The van der Waals surface area contributed by atoms with Crippen LogP contribution >= 0.6 is 15.9 Å². The minimum absolute atomic E-state index is 0.287. The molecule has 0 spiro atoms. The number of hydrogen-bond donors (Lipinski definition) is 1. The van der Waals surface area contributed by atoms with Crippen LogP contribution in [-0.2, 0) is 0 Å². The van der Waals surface area contributed by atoms with Crippen LogP contribution in [0.2, 0.25) is 0 Å². The van der Waals surface area contributed by atoms with Crippen LogP contribution in [0, 0.1) is 17.8 Å². The van der Waals surface area contributed by atoms with Gasteiger partial charge in [-0.1, -0.05) is 34.5 Å². The molecule has 2 bridgehead atoms. The van der Waals surface area contributed by atoms with Gasteiger partial charge < -0.3 is 5.11 Å². The summed E-state index contributed by atoms with van der Waals surface area (Å²) in [5.41, 5.74) is 1.29. The lowest BCUT2D eigenvalue weighted by molar-refractivity contribution is 0.219. The highest BCUT2D eigenvalue weighted by atomic mass is 79.9. The second kappa shape index (κ2) is 5.34. The van der Waals surface area contributed by atoms with Gasteiger partial charge in [0, 0.05) is 17.0 Å². The average Bonchev–Trinajstić information content (AvgIpc) is 2.99. The molecule has 3 rings (SSSR count). The Labute approximate surface area is 118 Å². The third-order valence-electron chi connectivity index (χ3n) is 5.03. The molecule has 4 atom stereocenters. The fourth-order valence-corrected chi connectivity index (χ4v) is 4.35. The number of aliphatic hydroxyl groups is 1. The van der Waals surface area contributed by atoms with Crippen LogP contribution in [0.5, 0.6) is 0 Å². The van der Waals surface area contributed by atoms with Gasteiger partial charge in [-0.05, 0) is 61.1 Å². The smallest absolute Gasteiger partial charge is 0.0499 e.